The van der Waals surface area contributed by atoms with Crippen LogP contribution >= 0.6 is 11.3 Å². The van der Waals surface area contributed by atoms with Crippen molar-refractivity contribution in [3.05, 3.63) is 57.7 Å². The van der Waals surface area contributed by atoms with Crippen LogP contribution < -0.4 is 14.9 Å². The van der Waals surface area contributed by atoms with E-state index in [1.807, 2.05) is 56.3 Å². The molecule has 1 aromatic heterocycles. The zero-order valence-electron chi connectivity index (χ0n) is 15.0. The van der Waals surface area contributed by atoms with E-state index < -0.39 is 0 Å². The number of aromatic nitrogens is 1. The average molecular weight is 370 g/mol. The first-order valence-electron chi connectivity index (χ1n) is 8.69. The van der Waals surface area contributed by atoms with Gasteiger partial charge in [0.25, 0.3) is 0 Å². The van der Waals surface area contributed by atoms with Gasteiger partial charge in [0.2, 0.25) is 5.91 Å². The van der Waals surface area contributed by atoms with E-state index >= 15 is 0 Å². The maximum Gasteiger partial charge on any atom is 0.308 e. The number of nitrogens with zero attached hydrogens (tertiary/aromatic N) is 1. The molecule has 0 aliphatic heterocycles. The van der Waals surface area contributed by atoms with E-state index in [9.17, 15) is 9.59 Å². The molecule has 0 bridgehead atoms. The molecule has 0 fully saturated rings. The largest absolute Gasteiger partial charge is 0.494 e. The number of anilines is 1. The molecule has 3 rings (SSSR count). The molecule has 0 radical (unpaired) electrons. The quantitative estimate of drug-likeness (QED) is 0.635. The van der Waals surface area contributed by atoms with Gasteiger partial charge in [0.05, 0.1) is 16.8 Å². The molecule has 26 heavy (non-hydrogen) atoms. The van der Waals surface area contributed by atoms with E-state index in [0.29, 0.717) is 31.7 Å². The number of hydrogen-bond acceptors (Lipinski definition) is 4. The fourth-order valence-electron chi connectivity index (χ4n) is 2.72. The van der Waals surface area contributed by atoms with Gasteiger partial charge in [-0.2, -0.15) is 0 Å². The average Bonchev–Trinajstić information content (AvgIpc) is 2.94. The highest BCUT2D eigenvalue weighted by Gasteiger charge is 2.08. The van der Waals surface area contributed by atoms with Gasteiger partial charge >= 0.3 is 4.87 Å². The summed E-state index contributed by atoms with van der Waals surface area (Å²) in [4.78, 5) is 24.0. The van der Waals surface area contributed by atoms with Crippen molar-refractivity contribution >= 4 is 33.1 Å². The van der Waals surface area contributed by atoms with Crippen molar-refractivity contribution in [2.24, 2.45) is 0 Å². The maximum absolute atomic E-state index is 12.1. The van der Waals surface area contributed by atoms with Crippen molar-refractivity contribution in [1.82, 2.24) is 4.57 Å². The molecule has 6 heteroatoms. The first-order valence-corrected chi connectivity index (χ1v) is 9.51. The smallest absolute Gasteiger partial charge is 0.308 e. The van der Waals surface area contributed by atoms with Crippen molar-refractivity contribution in [2.45, 2.75) is 33.2 Å². The number of carbonyl (C=O) groups is 1. The maximum atomic E-state index is 12.1. The molecule has 0 spiro atoms. The van der Waals surface area contributed by atoms with Gasteiger partial charge in [0.15, 0.2) is 0 Å². The van der Waals surface area contributed by atoms with E-state index in [-0.39, 0.29) is 10.8 Å². The van der Waals surface area contributed by atoms with E-state index in [0.717, 1.165) is 16.0 Å². The van der Waals surface area contributed by atoms with E-state index in [4.69, 9.17) is 4.74 Å². The van der Waals surface area contributed by atoms with Crippen molar-refractivity contribution in [1.29, 1.82) is 0 Å². The summed E-state index contributed by atoms with van der Waals surface area (Å²) in [6.45, 7) is 5.12. The number of carbonyl (C=O) groups excluding carboxylic acids is 1. The fraction of sp³-hybridized carbons (Fsp3) is 0.300. The van der Waals surface area contributed by atoms with Crippen molar-refractivity contribution in [3.8, 4) is 5.75 Å². The molecule has 0 unspecified atom stereocenters. The second-order valence-corrected chi connectivity index (χ2v) is 7.10. The van der Waals surface area contributed by atoms with Gasteiger partial charge in [-0.3, -0.25) is 14.2 Å². The normalized spacial score (nSPS) is 10.8. The van der Waals surface area contributed by atoms with Crippen LogP contribution in [-0.4, -0.2) is 17.1 Å². The van der Waals surface area contributed by atoms with Crippen molar-refractivity contribution in [3.63, 3.8) is 0 Å². The van der Waals surface area contributed by atoms with Gasteiger partial charge in [0.1, 0.15) is 5.75 Å². The zero-order chi connectivity index (χ0) is 18.5. The molecule has 136 valence electrons. The number of hydrogen-bond donors (Lipinski definition) is 1. The molecule has 1 heterocycles. The van der Waals surface area contributed by atoms with Gasteiger partial charge in [0, 0.05) is 18.7 Å². The van der Waals surface area contributed by atoms with E-state index in [2.05, 4.69) is 5.32 Å². The molecule has 1 N–H and O–H groups in total. The number of thiazole rings is 1. The topological polar surface area (TPSA) is 60.3 Å². The third-order valence-electron chi connectivity index (χ3n) is 4.11. The van der Waals surface area contributed by atoms with Gasteiger partial charge in [-0.1, -0.05) is 29.0 Å². The van der Waals surface area contributed by atoms with Crippen LogP contribution in [0.3, 0.4) is 0 Å². The molecular weight excluding hydrogens is 348 g/mol. The minimum atomic E-state index is -0.0564. The van der Waals surface area contributed by atoms with Gasteiger partial charge < -0.3 is 10.1 Å². The SMILES string of the molecule is CCn1c(=O)sc2cc(NC(=O)CCCOc3ccc(C)cc3)ccc21. The van der Waals surface area contributed by atoms with Crippen LogP contribution in [0.4, 0.5) is 5.69 Å². The molecule has 1 amide bonds. The summed E-state index contributed by atoms with van der Waals surface area (Å²) < 4.78 is 8.25. The molecule has 0 saturated carbocycles. The zero-order valence-corrected chi connectivity index (χ0v) is 15.8. The second-order valence-electron chi connectivity index (χ2n) is 6.11. The minimum Gasteiger partial charge on any atom is -0.494 e. The Bertz CT molecular complexity index is 957. The molecule has 2 aromatic carbocycles. The Morgan fingerprint density at radius 3 is 2.69 bits per heavy atom. The Kier molecular flexibility index (Phi) is 5.73. The third-order valence-corrected chi connectivity index (χ3v) is 5.05. The standard InChI is InChI=1S/C20H22N2O3S/c1-3-22-17-11-8-15(13-18(17)26-20(22)24)21-19(23)5-4-12-25-16-9-6-14(2)7-10-16/h6-11,13H,3-5,12H2,1-2H3,(H,21,23). The predicted molar refractivity (Wildman–Crippen MR) is 106 cm³/mol. The highest BCUT2D eigenvalue weighted by molar-refractivity contribution is 7.16. The number of nitrogens with one attached hydrogen (secondary N) is 1. The minimum absolute atomic E-state index is 0.0271. The van der Waals surface area contributed by atoms with Crippen LogP contribution in [0, 0.1) is 6.92 Å². The summed E-state index contributed by atoms with van der Waals surface area (Å²) in [5.41, 5.74) is 2.81. The number of amides is 1. The molecule has 0 atom stereocenters. The summed E-state index contributed by atoms with van der Waals surface area (Å²) >= 11 is 1.20. The number of benzene rings is 2. The van der Waals surface area contributed by atoms with Gasteiger partial charge in [-0.15, -0.1) is 0 Å². The Balaban J connectivity index is 1.50. The fourth-order valence-corrected chi connectivity index (χ4v) is 3.72. The lowest BCUT2D eigenvalue weighted by molar-refractivity contribution is -0.116. The Morgan fingerprint density at radius 2 is 1.96 bits per heavy atom. The van der Waals surface area contributed by atoms with E-state index in [1.165, 1.54) is 16.9 Å². The first kappa shape index (κ1) is 18.2. The second kappa shape index (κ2) is 8.19. The number of fused-ring (bicyclic) bond motifs is 1. The van der Waals surface area contributed by atoms with Gasteiger partial charge in [-0.25, -0.2) is 0 Å². The van der Waals surface area contributed by atoms with Crippen LogP contribution in [0.15, 0.2) is 47.3 Å². The lowest BCUT2D eigenvalue weighted by atomic mass is 10.2. The summed E-state index contributed by atoms with van der Waals surface area (Å²) in [5, 5.41) is 2.89. The molecule has 0 saturated heterocycles. The van der Waals surface area contributed by atoms with Gasteiger partial charge in [-0.05, 0) is 50.6 Å². The third kappa shape index (κ3) is 4.32. The van der Waals surface area contributed by atoms with Crippen LogP contribution in [0.1, 0.15) is 25.3 Å². The Hall–Kier alpha value is -2.60. The highest BCUT2D eigenvalue weighted by atomic mass is 32.1. The number of ether oxygens (including phenoxy) is 1. The summed E-state index contributed by atoms with van der Waals surface area (Å²) in [6.07, 6.45) is 1.03. The summed E-state index contributed by atoms with van der Waals surface area (Å²) in [5.74, 6) is 0.760. The molecule has 0 aliphatic carbocycles. The molecule has 5 nitrogen and oxygen atoms in total. The lowest BCUT2D eigenvalue weighted by Gasteiger charge is -2.08. The van der Waals surface area contributed by atoms with Crippen LogP contribution in [0.5, 0.6) is 5.75 Å². The van der Waals surface area contributed by atoms with Crippen molar-refractivity contribution < 1.29 is 9.53 Å². The van der Waals surface area contributed by atoms with Crippen LogP contribution in [0.2, 0.25) is 0 Å². The molecular formula is C20H22N2O3S. The summed E-state index contributed by atoms with van der Waals surface area (Å²) in [6, 6.07) is 13.4. The number of rotatable bonds is 7. The van der Waals surface area contributed by atoms with E-state index in [1.54, 1.807) is 4.57 Å². The van der Waals surface area contributed by atoms with Crippen LogP contribution in [0.25, 0.3) is 10.2 Å². The highest BCUT2D eigenvalue weighted by Crippen LogP contribution is 2.22. The molecule has 0 aliphatic rings. The van der Waals surface area contributed by atoms with Crippen molar-refractivity contribution in [2.75, 3.05) is 11.9 Å². The Morgan fingerprint density at radius 1 is 1.19 bits per heavy atom. The lowest BCUT2D eigenvalue weighted by Crippen LogP contribution is -2.13. The Labute approximate surface area is 156 Å². The monoisotopic (exact) mass is 370 g/mol. The predicted octanol–water partition coefficient (Wildman–Crippen LogP) is 4.19. The first-order chi connectivity index (χ1) is 12.6. The number of aryl methyl sites for hydroxylation is 2. The molecule has 3 aromatic rings. The van der Waals surface area contributed by atoms with Crippen LogP contribution in [-0.2, 0) is 11.3 Å². The summed E-state index contributed by atoms with van der Waals surface area (Å²) in [7, 11) is 0.